The van der Waals surface area contributed by atoms with Gasteiger partial charge in [-0.25, -0.2) is 0 Å². The van der Waals surface area contributed by atoms with Crippen molar-refractivity contribution in [3.05, 3.63) is 18.0 Å². The third-order valence-electron chi connectivity index (χ3n) is 3.68. The van der Waals surface area contributed by atoms with Gasteiger partial charge in [0.05, 0.1) is 11.8 Å². The van der Waals surface area contributed by atoms with Crippen molar-refractivity contribution in [3.63, 3.8) is 0 Å². The summed E-state index contributed by atoms with van der Waals surface area (Å²) in [7, 11) is 0. The van der Waals surface area contributed by atoms with E-state index in [1.165, 1.54) is 0 Å². The molecule has 0 radical (unpaired) electrons. The Morgan fingerprint density at radius 1 is 1.47 bits per heavy atom. The summed E-state index contributed by atoms with van der Waals surface area (Å²) < 4.78 is 1.81. The highest BCUT2D eigenvalue weighted by Gasteiger charge is 2.26. The molecule has 106 valence electrons. The van der Waals surface area contributed by atoms with E-state index in [0.717, 1.165) is 45.4 Å². The zero-order valence-corrected chi connectivity index (χ0v) is 11.9. The van der Waals surface area contributed by atoms with Crippen molar-refractivity contribution in [2.45, 2.75) is 45.7 Å². The Morgan fingerprint density at radius 3 is 2.79 bits per heavy atom. The Labute approximate surface area is 115 Å². The van der Waals surface area contributed by atoms with Crippen LogP contribution in [0, 0.1) is 0 Å². The van der Waals surface area contributed by atoms with E-state index in [9.17, 15) is 4.79 Å². The lowest BCUT2D eigenvalue weighted by Crippen LogP contribution is -2.46. The molecule has 0 unspecified atom stereocenters. The number of nitrogens with one attached hydrogen (secondary N) is 1. The number of rotatable bonds is 5. The van der Waals surface area contributed by atoms with Gasteiger partial charge in [0.1, 0.15) is 0 Å². The number of hydrogen-bond acceptors (Lipinski definition) is 3. The van der Waals surface area contributed by atoms with Gasteiger partial charge in [-0.15, -0.1) is 0 Å². The molecule has 1 amide bonds. The van der Waals surface area contributed by atoms with Gasteiger partial charge in [-0.2, -0.15) is 5.10 Å². The highest BCUT2D eigenvalue weighted by atomic mass is 16.2. The van der Waals surface area contributed by atoms with Crippen LogP contribution in [0.25, 0.3) is 0 Å². The molecule has 1 aromatic rings. The highest BCUT2D eigenvalue weighted by Crippen LogP contribution is 2.16. The number of piperidine rings is 1. The number of aryl methyl sites for hydroxylation is 1. The SMILES string of the molecule is CCCN(C(=O)c1cnn(CC)c1)C1CCNCC1. The summed E-state index contributed by atoms with van der Waals surface area (Å²) in [6, 6.07) is 0.374. The van der Waals surface area contributed by atoms with Crippen LogP contribution < -0.4 is 5.32 Å². The van der Waals surface area contributed by atoms with Crippen LogP contribution in [0.4, 0.5) is 0 Å². The molecule has 0 aliphatic carbocycles. The van der Waals surface area contributed by atoms with Crippen molar-refractivity contribution < 1.29 is 4.79 Å². The van der Waals surface area contributed by atoms with Gasteiger partial charge in [0.25, 0.3) is 5.91 Å². The molecule has 0 saturated carbocycles. The third-order valence-corrected chi connectivity index (χ3v) is 3.68. The largest absolute Gasteiger partial charge is 0.335 e. The smallest absolute Gasteiger partial charge is 0.257 e. The maximum atomic E-state index is 12.6. The summed E-state index contributed by atoms with van der Waals surface area (Å²) in [4.78, 5) is 14.7. The zero-order chi connectivity index (χ0) is 13.7. The molecule has 5 nitrogen and oxygen atoms in total. The molecule has 1 fully saturated rings. The average molecular weight is 264 g/mol. The van der Waals surface area contributed by atoms with E-state index in [1.807, 2.05) is 18.0 Å². The minimum Gasteiger partial charge on any atom is -0.335 e. The molecule has 1 aromatic heterocycles. The van der Waals surface area contributed by atoms with E-state index < -0.39 is 0 Å². The number of nitrogens with zero attached hydrogens (tertiary/aromatic N) is 3. The van der Waals surface area contributed by atoms with Crippen LogP contribution in [-0.4, -0.2) is 46.3 Å². The Morgan fingerprint density at radius 2 is 2.21 bits per heavy atom. The Kier molecular flexibility index (Phi) is 4.96. The molecule has 2 heterocycles. The quantitative estimate of drug-likeness (QED) is 0.877. The van der Waals surface area contributed by atoms with Crippen molar-refractivity contribution in [3.8, 4) is 0 Å². The Bertz CT molecular complexity index is 409. The molecule has 19 heavy (non-hydrogen) atoms. The number of amides is 1. The monoisotopic (exact) mass is 264 g/mol. The molecular formula is C14H24N4O. The normalized spacial score (nSPS) is 16.5. The van der Waals surface area contributed by atoms with Gasteiger partial charge in [0.2, 0.25) is 0 Å². The predicted octanol–water partition coefficient (Wildman–Crippen LogP) is 1.51. The summed E-state index contributed by atoms with van der Waals surface area (Å²) in [6.07, 6.45) is 6.64. The molecule has 0 aromatic carbocycles. The first-order chi connectivity index (χ1) is 9.26. The Hall–Kier alpha value is -1.36. The number of hydrogen-bond donors (Lipinski definition) is 1. The molecule has 0 atom stereocenters. The first-order valence-electron chi connectivity index (χ1n) is 7.30. The minimum absolute atomic E-state index is 0.133. The first kappa shape index (κ1) is 14.1. The van der Waals surface area contributed by atoms with E-state index in [2.05, 4.69) is 17.3 Å². The molecule has 2 rings (SSSR count). The molecule has 0 spiro atoms. The fraction of sp³-hybridized carbons (Fsp3) is 0.714. The maximum Gasteiger partial charge on any atom is 0.257 e. The number of carbonyl (C=O) groups is 1. The summed E-state index contributed by atoms with van der Waals surface area (Å²) in [5, 5.41) is 7.55. The molecule has 5 heteroatoms. The number of aromatic nitrogens is 2. The lowest BCUT2D eigenvalue weighted by atomic mass is 10.0. The van der Waals surface area contributed by atoms with E-state index >= 15 is 0 Å². The zero-order valence-electron chi connectivity index (χ0n) is 11.9. The van der Waals surface area contributed by atoms with Gasteiger partial charge in [0.15, 0.2) is 0 Å². The van der Waals surface area contributed by atoms with Crippen LogP contribution in [0.5, 0.6) is 0 Å². The van der Waals surface area contributed by atoms with E-state index in [0.29, 0.717) is 11.6 Å². The summed E-state index contributed by atoms with van der Waals surface area (Å²) >= 11 is 0. The fourth-order valence-corrected chi connectivity index (χ4v) is 2.62. The van der Waals surface area contributed by atoms with Gasteiger partial charge < -0.3 is 10.2 Å². The van der Waals surface area contributed by atoms with Crippen molar-refractivity contribution in [1.29, 1.82) is 0 Å². The van der Waals surface area contributed by atoms with E-state index in [-0.39, 0.29) is 5.91 Å². The molecule has 1 saturated heterocycles. The van der Waals surface area contributed by atoms with E-state index in [4.69, 9.17) is 0 Å². The second-order valence-corrected chi connectivity index (χ2v) is 5.06. The first-order valence-corrected chi connectivity index (χ1v) is 7.30. The predicted molar refractivity (Wildman–Crippen MR) is 75.1 cm³/mol. The second kappa shape index (κ2) is 6.70. The van der Waals surface area contributed by atoms with Crippen LogP contribution in [-0.2, 0) is 6.54 Å². The van der Waals surface area contributed by atoms with Crippen LogP contribution in [0.1, 0.15) is 43.5 Å². The molecule has 1 aliphatic rings. The van der Waals surface area contributed by atoms with Crippen LogP contribution in [0.15, 0.2) is 12.4 Å². The van der Waals surface area contributed by atoms with Crippen LogP contribution in [0.3, 0.4) is 0 Å². The molecule has 1 aliphatic heterocycles. The lowest BCUT2D eigenvalue weighted by molar-refractivity contribution is 0.0642. The third kappa shape index (κ3) is 3.35. The highest BCUT2D eigenvalue weighted by molar-refractivity contribution is 5.94. The Balaban J connectivity index is 2.10. The van der Waals surface area contributed by atoms with E-state index in [1.54, 1.807) is 10.9 Å². The van der Waals surface area contributed by atoms with Gasteiger partial charge in [0, 0.05) is 25.3 Å². The summed E-state index contributed by atoms with van der Waals surface area (Å²) in [5.74, 6) is 0.133. The van der Waals surface area contributed by atoms with Crippen LogP contribution >= 0.6 is 0 Å². The van der Waals surface area contributed by atoms with Gasteiger partial charge in [-0.3, -0.25) is 9.48 Å². The average Bonchev–Trinajstić information content (AvgIpc) is 2.94. The standard InChI is InChI=1S/C14H24N4O/c1-3-9-18(13-5-7-15-8-6-13)14(19)12-10-16-17(4-2)11-12/h10-11,13,15H,3-9H2,1-2H3. The fourth-order valence-electron chi connectivity index (χ4n) is 2.62. The maximum absolute atomic E-state index is 12.6. The lowest BCUT2D eigenvalue weighted by Gasteiger charge is -2.34. The van der Waals surface area contributed by atoms with Crippen molar-refractivity contribution in [1.82, 2.24) is 20.0 Å². The second-order valence-electron chi connectivity index (χ2n) is 5.06. The van der Waals surface area contributed by atoms with Gasteiger partial charge in [-0.05, 0) is 39.3 Å². The van der Waals surface area contributed by atoms with Crippen molar-refractivity contribution in [2.24, 2.45) is 0 Å². The van der Waals surface area contributed by atoms with Crippen molar-refractivity contribution in [2.75, 3.05) is 19.6 Å². The molecule has 0 bridgehead atoms. The topological polar surface area (TPSA) is 50.2 Å². The van der Waals surface area contributed by atoms with Gasteiger partial charge >= 0.3 is 0 Å². The minimum atomic E-state index is 0.133. The van der Waals surface area contributed by atoms with Gasteiger partial charge in [-0.1, -0.05) is 6.92 Å². The van der Waals surface area contributed by atoms with Crippen LogP contribution in [0.2, 0.25) is 0 Å². The summed E-state index contributed by atoms with van der Waals surface area (Å²) in [6.45, 7) is 7.79. The molecular weight excluding hydrogens is 240 g/mol. The number of carbonyl (C=O) groups excluding carboxylic acids is 1. The molecule has 1 N–H and O–H groups in total. The summed E-state index contributed by atoms with van der Waals surface area (Å²) in [5.41, 5.74) is 0.717. The van der Waals surface area contributed by atoms with Crippen molar-refractivity contribution >= 4 is 5.91 Å².